The molecule has 0 saturated carbocycles. The number of ether oxygens (including phenoxy) is 1. The Labute approximate surface area is 140 Å². The van der Waals surface area contributed by atoms with Gasteiger partial charge in [0.15, 0.2) is 6.61 Å². The zero-order valence-corrected chi connectivity index (χ0v) is 14.2. The Morgan fingerprint density at radius 2 is 1.71 bits per heavy atom. The van der Waals surface area contributed by atoms with Crippen LogP contribution in [-0.4, -0.2) is 17.4 Å². The maximum atomic E-state index is 12.1. The molecule has 24 heavy (non-hydrogen) atoms. The van der Waals surface area contributed by atoms with Gasteiger partial charge in [-0.15, -0.1) is 0 Å². The van der Waals surface area contributed by atoms with E-state index in [9.17, 15) is 14.9 Å². The Morgan fingerprint density at radius 3 is 2.38 bits per heavy atom. The summed E-state index contributed by atoms with van der Waals surface area (Å²) in [4.78, 5) is 22.5. The van der Waals surface area contributed by atoms with Crippen LogP contribution < -0.4 is 10.1 Å². The molecule has 0 fully saturated rings. The van der Waals surface area contributed by atoms with Crippen molar-refractivity contribution in [2.75, 3.05) is 11.9 Å². The van der Waals surface area contributed by atoms with Gasteiger partial charge in [0.05, 0.1) is 4.92 Å². The summed E-state index contributed by atoms with van der Waals surface area (Å²) < 4.78 is 5.64. The molecule has 6 heteroatoms. The second-order valence-electron chi connectivity index (χ2n) is 5.75. The largest absolute Gasteiger partial charge is 0.483 e. The lowest BCUT2D eigenvalue weighted by Gasteiger charge is -2.14. The highest BCUT2D eigenvalue weighted by Crippen LogP contribution is 2.26. The maximum Gasteiger partial charge on any atom is 0.274 e. The molecule has 0 aliphatic heterocycles. The fourth-order valence-corrected chi connectivity index (χ4v) is 2.37. The topological polar surface area (TPSA) is 81.5 Å². The number of anilines is 1. The van der Waals surface area contributed by atoms with Crippen molar-refractivity contribution in [3.8, 4) is 5.75 Å². The third-order valence-electron chi connectivity index (χ3n) is 3.91. The van der Waals surface area contributed by atoms with Gasteiger partial charge in [0.1, 0.15) is 5.75 Å². The first-order valence-electron chi connectivity index (χ1n) is 7.54. The van der Waals surface area contributed by atoms with Gasteiger partial charge < -0.3 is 10.1 Å². The van der Waals surface area contributed by atoms with E-state index < -0.39 is 4.92 Å². The van der Waals surface area contributed by atoms with Gasteiger partial charge in [0.2, 0.25) is 0 Å². The van der Waals surface area contributed by atoms with Crippen molar-refractivity contribution in [2.45, 2.75) is 27.7 Å². The molecule has 0 aromatic heterocycles. The quantitative estimate of drug-likeness (QED) is 0.668. The van der Waals surface area contributed by atoms with Crippen LogP contribution in [0.2, 0.25) is 0 Å². The average Bonchev–Trinajstić information content (AvgIpc) is 2.52. The number of hydrogen-bond donors (Lipinski definition) is 1. The van der Waals surface area contributed by atoms with Crippen molar-refractivity contribution in [2.24, 2.45) is 0 Å². The fourth-order valence-electron chi connectivity index (χ4n) is 2.37. The second kappa shape index (κ2) is 7.12. The highest BCUT2D eigenvalue weighted by molar-refractivity contribution is 5.92. The number of benzene rings is 2. The number of hydrogen-bond acceptors (Lipinski definition) is 4. The first-order valence-corrected chi connectivity index (χ1v) is 7.54. The van der Waals surface area contributed by atoms with E-state index in [1.54, 1.807) is 19.1 Å². The summed E-state index contributed by atoms with van der Waals surface area (Å²) in [5.74, 6) is 0.327. The molecule has 0 aliphatic carbocycles. The van der Waals surface area contributed by atoms with Crippen LogP contribution in [0, 0.1) is 37.8 Å². The van der Waals surface area contributed by atoms with E-state index in [4.69, 9.17) is 4.74 Å². The Hall–Kier alpha value is -2.89. The lowest BCUT2D eigenvalue weighted by molar-refractivity contribution is -0.385. The van der Waals surface area contributed by atoms with Gasteiger partial charge in [-0.25, -0.2) is 0 Å². The van der Waals surface area contributed by atoms with Crippen LogP contribution in [0.5, 0.6) is 5.75 Å². The molecule has 0 bridgehead atoms. The van der Waals surface area contributed by atoms with Crippen molar-refractivity contribution in [3.05, 3.63) is 62.7 Å². The van der Waals surface area contributed by atoms with Crippen molar-refractivity contribution in [1.29, 1.82) is 0 Å². The molecule has 2 rings (SSSR count). The molecule has 1 N–H and O–H groups in total. The highest BCUT2D eigenvalue weighted by atomic mass is 16.6. The molecule has 0 atom stereocenters. The van der Waals surface area contributed by atoms with Crippen LogP contribution in [0.15, 0.2) is 30.3 Å². The number of carbonyl (C=O) groups is 1. The number of nitro groups is 1. The number of carbonyl (C=O) groups excluding carboxylic acids is 1. The minimum atomic E-state index is -0.471. The predicted molar refractivity (Wildman–Crippen MR) is 92.6 cm³/mol. The molecule has 0 heterocycles. The van der Waals surface area contributed by atoms with E-state index in [1.165, 1.54) is 6.07 Å². The Bertz CT molecular complexity index is 800. The molecule has 0 radical (unpaired) electrons. The molecule has 126 valence electrons. The molecular formula is C18H20N2O4. The van der Waals surface area contributed by atoms with Gasteiger partial charge in [-0.3, -0.25) is 14.9 Å². The minimum Gasteiger partial charge on any atom is -0.483 e. The highest BCUT2D eigenvalue weighted by Gasteiger charge is 2.13. The van der Waals surface area contributed by atoms with Crippen molar-refractivity contribution in [3.63, 3.8) is 0 Å². The summed E-state index contributed by atoms with van der Waals surface area (Å²) in [6.07, 6.45) is 0. The number of nitro benzene ring substituents is 1. The molecule has 0 unspecified atom stereocenters. The first kappa shape index (κ1) is 17.5. The number of nitrogens with zero attached hydrogens (tertiary/aromatic N) is 1. The van der Waals surface area contributed by atoms with Gasteiger partial charge >= 0.3 is 0 Å². The lowest BCUT2D eigenvalue weighted by Crippen LogP contribution is -2.20. The summed E-state index contributed by atoms with van der Waals surface area (Å²) in [5, 5.41) is 13.6. The van der Waals surface area contributed by atoms with Gasteiger partial charge in [-0.1, -0.05) is 18.2 Å². The van der Waals surface area contributed by atoms with Crippen molar-refractivity contribution >= 4 is 17.3 Å². The number of aryl methyl sites for hydroxylation is 3. The van der Waals surface area contributed by atoms with Crippen LogP contribution >= 0.6 is 0 Å². The van der Waals surface area contributed by atoms with E-state index in [2.05, 4.69) is 5.32 Å². The van der Waals surface area contributed by atoms with Crippen LogP contribution in [0.3, 0.4) is 0 Å². The zero-order chi connectivity index (χ0) is 17.9. The molecule has 2 aromatic carbocycles. The minimum absolute atomic E-state index is 0.0286. The van der Waals surface area contributed by atoms with E-state index in [0.29, 0.717) is 17.0 Å². The first-order chi connectivity index (χ1) is 11.3. The van der Waals surface area contributed by atoms with Gasteiger partial charge in [-0.05, 0) is 50.5 Å². The molecule has 0 saturated heterocycles. The van der Waals surface area contributed by atoms with Crippen LogP contribution in [0.25, 0.3) is 0 Å². The standard InChI is InChI=1S/C18H20N2O4/c1-11-5-6-13(3)18(14(11)4)24-10-17(21)19-15-8-7-12(2)16(9-15)20(22)23/h5-9H,10H2,1-4H3,(H,19,21). The summed E-state index contributed by atoms with van der Waals surface area (Å²) in [6.45, 7) is 7.33. The van der Waals surface area contributed by atoms with E-state index in [1.807, 2.05) is 32.9 Å². The van der Waals surface area contributed by atoms with Gasteiger partial charge in [-0.2, -0.15) is 0 Å². The monoisotopic (exact) mass is 328 g/mol. The van der Waals surface area contributed by atoms with Crippen LogP contribution in [0.1, 0.15) is 22.3 Å². The average molecular weight is 328 g/mol. The molecule has 0 aliphatic rings. The summed E-state index contributed by atoms with van der Waals surface area (Å²) in [5.41, 5.74) is 3.92. The third kappa shape index (κ3) is 3.90. The number of rotatable bonds is 5. The number of amides is 1. The molecule has 6 nitrogen and oxygen atoms in total. The summed E-state index contributed by atoms with van der Waals surface area (Å²) >= 11 is 0. The summed E-state index contributed by atoms with van der Waals surface area (Å²) in [6, 6.07) is 8.52. The SMILES string of the molecule is Cc1ccc(NC(=O)COc2c(C)ccc(C)c2C)cc1[N+](=O)[O-]. The molecule has 0 spiro atoms. The Balaban J connectivity index is 2.06. The van der Waals surface area contributed by atoms with Crippen LogP contribution in [0.4, 0.5) is 11.4 Å². The second-order valence-corrected chi connectivity index (χ2v) is 5.75. The van der Waals surface area contributed by atoms with Crippen molar-refractivity contribution < 1.29 is 14.5 Å². The van der Waals surface area contributed by atoms with Gasteiger partial charge in [0, 0.05) is 17.3 Å². The third-order valence-corrected chi connectivity index (χ3v) is 3.91. The molecule has 2 aromatic rings. The molecule has 1 amide bonds. The summed E-state index contributed by atoms with van der Waals surface area (Å²) in [7, 11) is 0. The van der Waals surface area contributed by atoms with E-state index in [-0.39, 0.29) is 18.2 Å². The van der Waals surface area contributed by atoms with Crippen molar-refractivity contribution in [1.82, 2.24) is 0 Å². The lowest BCUT2D eigenvalue weighted by atomic mass is 10.1. The normalized spacial score (nSPS) is 10.3. The predicted octanol–water partition coefficient (Wildman–Crippen LogP) is 3.85. The van der Waals surface area contributed by atoms with Crippen LogP contribution in [-0.2, 0) is 4.79 Å². The van der Waals surface area contributed by atoms with E-state index in [0.717, 1.165) is 16.7 Å². The Kier molecular flexibility index (Phi) is 5.18. The number of nitrogens with one attached hydrogen (secondary N) is 1. The smallest absolute Gasteiger partial charge is 0.274 e. The maximum absolute atomic E-state index is 12.1. The zero-order valence-electron chi connectivity index (χ0n) is 14.2. The Morgan fingerprint density at radius 1 is 1.08 bits per heavy atom. The van der Waals surface area contributed by atoms with Gasteiger partial charge in [0.25, 0.3) is 11.6 Å². The van der Waals surface area contributed by atoms with E-state index >= 15 is 0 Å². The molecular weight excluding hydrogens is 308 g/mol. The fraction of sp³-hybridized carbons (Fsp3) is 0.278.